The van der Waals surface area contributed by atoms with Crippen LogP contribution in [0.25, 0.3) is 0 Å². The summed E-state index contributed by atoms with van der Waals surface area (Å²) in [6.07, 6.45) is 13.4. The highest BCUT2D eigenvalue weighted by atomic mass is 127. The Labute approximate surface area is 145 Å². The fraction of sp³-hybridized carbons (Fsp3) is 0.684. The molecule has 0 fully saturated rings. The summed E-state index contributed by atoms with van der Waals surface area (Å²) in [5.74, 6) is 1.02. The second-order valence-electron chi connectivity index (χ2n) is 5.76. The Balaban J connectivity index is 1.94. The van der Waals surface area contributed by atoms with E-state index in [2.05, 4.69) is 53.8 Å². The molecule has 0 saturated carbocycles. The second-order valence-corrected chi connectivity index (χ2v) is 6.84. The van der Waals surface area contributed by atoms with Crippen molar-refractivity contribution in [3.63, 3.8) is 0 Å². The van der Waals surface area contributed by atoms with Gasteiger partial charge in [-0.1, -0.05) is 93.0 Å². The maximum Gasteiger partial charge on any atom is 0.119 e. The minimum atomic E-state index is 0.863. The van der Waals surface area contributed by atoms with Crippen molar-refractivity contribution in [2.75, 3.05) is 11.0 Å². The van der Waals surface area contributed by atoms with E-state index in [0.717, 1.165) is 18.8 Å². The summed E-state index contributed by atoms with van der Waals surface area (Å²) >= 11 is 2.42. The van der Waals surface area contributed by atoms with Crippen LogP contribution in [-0.4, -0.2) is 11.0 Å². The first kappa shape index (κ1) is 18.8. The fourth-order valence-electron chi connectivity index (χ4n) is 2.46. The van der Waals surface area contributed by atoms with Crippen molar-refractivity contribution in [2.24, 2.45) is 0 Å². The van der Waals surface area contributed by atoms with Crippen LogP contribution in [0, 0.1) is 0 Å². The molecule has 1 aromatic carbocycles. The highest BCUT2D eigenvalue weighted by molar-refractivity contribution is 14.1. The Morgan fingerprint density at radius 2 is 1.38 bits per heavy atom. The third-order valence-electron chi connectivity index (χ3n) is 3.82. The minimum Gasteiger partial charge on any atom is -0.494 e. The molecule has 0 radical (unpaired) electrons. The summed E-state index contributed by atoms with van der Waals surface area (Å²) in [7, 11) is 0. The maximum absolute atomic E-state index is 5.80. The molecular weight excluding hydrogens is 371 g/mol. The van der Waals surface area contributed by atoms with Gasteiger partial charge in [-0.15, -0.1) is 0 Å². The van der Waals surface area contributed by atoms with Gasteiger partial charge in [0, 0.05) is 4.43 Å². The van der Waals surface area contributed by atoms with Gasteiger partial charge in [-0.2, -0.15) is 0 Å². The van der Waals surface area contributed by atoms with Crippen molar-refractivity contribution in [2.45, 2.75) is 71.1 Å². The van der Waals surface area contributed by atoms with Crippen molar-refractivity contribution in [3.05, 3.63) is 29.8 Å². The summed E-state index contributed by atoms with van der Waals surface area (Å²) in [4.78, 5) is 0. The van der Waals surface area contributed by atoms with Gasteiger partial charge in [0.15, 0.2) is 0 Å². The first-order chi connectivity index (χ1) is 10.4. The standard InChI is InChI=1S/C19H31IO/c1-2-3-4-5-6-7-8-9-10-17-21-19-13-11-18(12-14-19)15-16-20/h11-14H,2-10,15-17H2,1H3. The minimum absolute atomic E-state index is 0.863. The highest BCUT2D eigenvalue weighted by Gasteiger charge is 1.96. The molecule has 0 bridgehead atoms. The molecule has 1 aromatic rings. The predicted molar refractivity (Wildman–Crippen MR) is 102 cm³/mol. The molecule has 0 unspecified atom stereocenters. The number of hydrogen-bond donors (Lipinski definition) is 0. The predicted octanol–water partition coefficient (Wildman–Crippen LogP) is 6.57. The van der Waals surface area contributed by atoms with Crippen LogP contribution in [0.15, 0.2) is 24.3 Å². The molecule has 0 spiro atoms. The number of alkyl halides is 1. The zero-order chi connectivity index (χ0) is 15.2. The number of unbranched alkanes of at least 4 members (excludes halogenated alkanes) is 8. The van der Waals surface area contributed by atoms with E-state index in [1.807, 2.05) is 0 Å². The molecule has 0 heterocycles. The summed E-state index contributed by atoms with van der Waals surface area (Å²) in [6.45, 7) is 3.14. The van der Waals surface area contributed by atoms with Gasteiger partial charge < -0.3 is 4.74 Å². The molecule has 21 heavy (non-hydrogen) atoms. The topological polar surface area (TPSA) is 9.23 Å². The van der Waals surface area contributed by atoms with Crippen LogP contribution in [0.4, 0.5) is 0 Å². The third-order valence-corrected chi connectivity index (χ3v) is 4.36. The van der Waals surface area contributed by atoms with Crippen LogP contribution in [-0.2, 0) is 6.42 Å². The van der Waals surface area contributed by atoms with Gasteiger partial charge >= 0.3 is 0 Å². The smallest absolute Gasteiger partial charge is 0.119 e. The van der Waals surface area contributed by atoms with Crippen LogP contribution in [0.3, 0.4) is 0 Å². The molecule has 120 valence electrons. The van der Waals surface area contributed by atoms with Crippen molar-refractivity contribution in [1.29, 1.82) is 0 Å². The SMILES string of the molecule is CCCCCCCCCCCOc1ccc(CCI)cc1. The van der Waals surface area contributed by atoms with Gasteiger partial charge in [0.05, 0.1) is 6.61 Å². The van der Waals surface area contributed by atoms with Gasteiger partial charge in [0.1, 0.15) is 5.75 Å². The van der Waals surface area contributed by atoms with E-state index in [1.165, 1.54) is 67.8 Å². The summed E-state index contributed by atoms with van der Waals surface area (Å²) in [5, 5.41) is 0. The number of rotatable bonds is 13. The van der Waals surface area contributed by atoms with Gasteiger partial charge in [0.25, 0.3) is 0 Å². The Morgan fingerprint density at radius 3 is 1.95 bits per heavy atom. The molecule has 1 nitrogen and oxygen atoms in total. The molecule has 0 amide bonds. The molecule has 2 heteroatoms. The lowest BCUT2D eigenvalue weighted by Crippen LogP contribution is -1.97. The van der Waals surface area contributed by atoms with Crippen LogP contribution in [0.5, 0.6) is 5.75 Å². The van der Waals surface area contributed by atoms with E-state index in [9.17, 15) is 0 Å². The molecule has 0 atom stereocenters. The van der Waals surface area contributed by atoms with Crippen molar-refractivity contribution >= 4 is 22.6 Å². The van der Waals surface area contributed by atoms with Crippen LogP contribution in [0.2, 0.25) is 0 Å². The largest absolute Gasteiger partial charge is 0.494 e. The van der Waals surface area contributed by atoms with Gasteiger partial charge in [-0.3, -0.25) is 0 Å². The van der Waals surface area contributed by atoms with Crippen molar-refractivity contribution in [1.82, 2.24) is 0 Å². The summed E-state index contributed by atoms with van der Waals surface area (Å²) < 4.78 is 6.97. The van der Waals surface area contributed by atoms with E-state index in [0.29, 0.717) is 0 Å². The molecule has 0 aliphatic carbocycles. The number of ether oxygens (including phenoxy) is 1. The first-order valence-corrected chi connectivity index (χ1v) is 10.2. The van der Waals surface area contributed by atoms with Gasteiger partial charge in [-0.25, -0.2) is 0 Å². The van der Waals surface area contributed by atoms with Gasteiger partial charge in [0.2, 0.25) is 0 Å². The van der Waals surface area contributed by atoms with E-state index < -0.39 is 0 Å². The van der Waals surface area contributed by atoms with E-state index in [4.69, 9.17) is 4.74 Å². The Bertz CT molecular complexity index is 334. The fourth-order valence-corrected chi connectivity index (χ4v) is 3.09. The summed E-state index contributed by atoms with van der Waals surface area (Å²) in [5.41, 5.74) is 1.40. The molecule has 0 N–H and O–H groups in total. The maximum atomic E-state index is 5.80. The normalized spacial score (nSPS) is 10.8. The quantitative estimate of drug-likeness (QED) is 0.206. The zero-order valence-corrected chi connectivity index (χ0v) is 15.7. The summed E-state index contributed by atoms with van der Waals surface area (Å²) in [6, 6.07) is 8.58. The number of benzene rings is 1. The van der Waals surface area contributed by atoms with Crippen LogP contribution < -0.4 is 4.74 Å². The number of halogens is 1. The lowest BCUT2D eigenvalue weighted by molar-refractivity contribution is 0.304. The van der Waals surface area contributed by atoms with E-state index in [-0.39, 0.29) is 0 Å². The van der Waals surface area contributed by atoms with E-state index in [1.54, 1.807) is 0 Å². The van der Waals surface area contributed by atoms with Crippen LogP contribution in [0.1, 0.15) is 70.3 Å². The lowest BCUT2D eigenvalue weighted by atomic mass is 10.1. The first-order valence-electron chi connectivity index (χ1n) is 8.64. The second kappa shape index (κ2) is 13.4. The Hall–Kier alpha value is -0.250. The molecule has 0 saturated heterocycles. The van der Waals surface area contributed by atoms with E-state index >= 15 is 0 Å². The molecule has 0 aliphatic rings. The molecular formula is C19H31IO. The monoisotopic (exact) mass is 402 g/mol. The number of hydrogen-bond acceptors (Lipinski definition) is 1. The van der Waals surface area contributed by atoms with Crippen molar-refractivity contribution < 1.29 is 4.74 Å². The average molecular weight is 402 g/mol. The number of aryl methyl sites for hydroxylation is 1. The molecule has 1 rings (SSSR count). The molecule has 0 aliphatic heterocycles. The van der Waals surface area contributed by atoms with Crippen molar-refractivity contribution in [3.8, 4) is 5.75 Å². The average Bonchev–Trinajstić information content (AvgIpc) is 2.51. The zero-order valence-electron chi connectivity index (χ0n) is 13.6. The van der Waals surface area contributed by atoms with Crippen LogP contribution >= 0.6 is 22.6 Å². The third kappa shape index (κ3) is 10.2. The van der Waals surface area contributed by atoms with Gasteiger partial charge in [-0.05, 0) is 30.5 Å². The lowest BCUT2D eigenvalue weighted by Gasteiger charge is -2.07. The Morgan fingerprint density at radius 1 is 0.810 bits per heavy atom. The highest BCUT2D eigenvalue weighted by Crippen LogP contribution is 2.14. The Kier molecular flexibility index (Phi) is 12.0. The molecule has 0 aromatic heterocycles.